The maximum atomic E-state index is 12.5. The van der Waals surface area contributed by atoms with Crippen LogP contribution in [0.2, 0.25) is 0 Å². The average molecular weight is 502 g/mol. The summed E-state index contributed by atoms with van der Waals surface area (Å²) in [6.45, 7) is 0. The summed E-state index contributed by atoms with van der Waals surface area (Å²) in [4.78, 5) is 17.6. The topological polar surface area (TPSA) is 66.9 Å². The third-order valence-corrected chi connectivity index (χ3v) is 5.98. The van der Waals surface area contributed by atoms with Crippen LogP contribution in [0.5, 0.6) is 28.7 Å². The Balaban J connectivity index is 1.38. The van der Waals surface area contributed by atoms with Crippen LogP contribution in [0.25, 0.3) is 10.9 Å². The summed E-state index contributed by atoms with van der Waals surface area (Å²) in [7, 11) is 4.80. The van der Waals surface area contributed by atoms with E-state index in [0.717, 1.165) is 27.8 Å². The standard InChI is InChI=1S/C29H27NO5S/c1-32-23-6-4-5-20(14-23)13-21(31)16-24(36)15-19-7-9-22(10-8-19)35-27-11-12-30-26-18-29(34-3)28(33-2)17-25(26)27/h4-12,14,17-18H,13,15-16H2,1-3H3. The van der Waals surface area contributed by atoms with E-state index in [1.54, 1.807) is 27.5 Å². The third-order valence-electron chi connectivity index (χ3n) is 5.69. The second-order valence-electron chi connectivity index (χ2n) is 8.24. The number of carbonyl (C=O) groups excluding carboxylic acids is 1. The number of fused-ring (bicyclic) bond motifs is 1. The van der Waals surface area contributed by atoms with Crippen molar-refractivity contribution in [1.82, 2.24) is 4.98 Å². The predicted molar refractivity (Wildman–Crippen MR) is 144 cm³/mol. The average Bonchev–Trinajstić information content (AvgIpc) is 2.89. The molecule has 0 aliphatic rings. The number of Topliss-reactive ketones (excluding diaryl/α,β-unsaturated/α-hetero) is 1. The van der Waals surface area contributed by atoms with Gasteiger partial charge in [0, 0.05) is 41.8 Å². The number of thiocarbonyl (C=S) groups is 1. The van der Waals surface area contributed by atoms with Crippen molar-refractivity contribution >= 4 is 33.8 Å². The molecular formula is C29H27NO5S. The van der Waals surface area contributed by atoms with Crippen LogP contribution in [0.4, 0.5) is 0 Å². The lowest BCUT2D eigenvalue weighted by atomic mass is 10.0. The van der Waals surface area contributed by atoms with Gasteiger partial charge in [-0.25, -0.2) is 0 Å². The summed E-state index contributed by atoms with van der Waals surface area (Å²) in [5, 5.41) is 0.815. The van der Waals surface area contributed by atoms with Gasteiger partial charge in [-0.2, -0.15) is 0 Å². The fraction of sp³-hybridized carbons (Fsp3) is 0.207. The van der Waals surface area contributed by atoms with Crippen LogP contribution in [0.15, 0.2) is 72.9 Å². The van der Waals surface area contributed by atoms with Gasteiger partial charge in [0.25, 0.3) is 0 Å². The van der Waals surface area contributed by atoms with E-state index in [9.17, 15) is 4.79 Å². The molecule has 7 heteroatoms. The smallest absolute Gasteiger partial charge is 0.162 e. The molecule has 0 radical (unpaired) electrons. The van der Waals surface area contributed by atoms with Gasteiger partial charge in [-0.1, -0.05) is 36.5 Å². The molecule has 0 saturated heterocycles. The molecule has 0 aliphatic heterocycles. The minimum atomic E-state index is 0.0878. The second-order valence-corrected chi connectivity index (χ2v) is 8.82. The van der Waals surface area contributed by atoms with Crippen LogP contribution >= 0.6 is 12.2 Å². The zero-order valence-corrected chi connectivity index (χ0v) is 21.3. The quantitative estimate of drug-likeness (QED) is 0.228. The number of hydrogen-bond acceptors (Lipinski definition) is 7. The molecule has 6 nitrogen and oxygen atoms in total. The van der Waals surface area contributed by atoms with Crippen molar-refractivity contribution in [3.05, 3.63) is 84.1 Å². The van der Waals surface area contributed by atoms with E-state index in [1.807, 2.05) is 66.7 Å². The highest BCUT2D eigenvalue weighted by molar-refractivity contribution is 7.80. The van der Waals surface area contributed by atoms with Gasteiger partial charge in [-0.15, -0.1) is 0 Å². The molecule has 0 bridgehead atoms. The number of pyridine rings is 1. The lowest BCUT2D eigenvalue weighted by Crippen LogP contribution is -2.11. The number of hydrogen-bond donors (Lipinski definition) is 0. The molecule has 0 unspecified atom stereocenters. The van der Waals surface area contributed by atoms with Crippen molar-refractivity contribution < 1.29 is 23.7 Å². The Morgan fingerprint density at radius 1 is 0.778 bits per heavy atom. The van der Waals surface area contributed by atoms with Crippen LogP contribution < -0.4 is 18.9 Å². The van der Waals surface area contributed by atoms with Crippen molar-refractivity contribution in [2.75, 3.05) is 21.3 Å². The lowest BCUT2D eigenvalue weighted by molar-refractivity contribution is -0.117. The summed E-state index contributed by atoms with van der Waals surface area (Å²) >= 11 is 5.51. The highest BCUT2D eigenvalue weighted by atomic mass is 32.1. The molecule has 0 aliphatic carbocycles. The molecule has 0 fully saturated rings. The Morgan fingerprint density at radius 3 is 2.25 bits per heavy atom. The van der Waals surface area contributed by atoms with E-state index in [1.165, 1.54) is 0 Å². The van der Waals surface area contributed by atoms with E-state index >= 15 is 0 Å². The predicted octanol–water partition coefficient (Wildman–Crippen LogP) is 6.17. The highest BCUT2D eigenvalue weighted by Gasteiger charge is 2.12. The molecule has 0 saturated carbocycles. The number of nitrogens with zero attached hydrogens (tertiary/aromatic N) is 1. The number of ether oxygens (including phenoxy) is 4. The number of methoxy groups -OCH3 is 3. The van der Waals surface area contributed by atoms with Gasteiger partial charge in [0.2, 0.25) is 0 Å². The minimum Gasteiger partial charge on any atom is -0.497 e. The molecule has 3 aromatic carbocycles. The molecule has 36 heavy (non-hydrogen) atoms. The van der Waals surface area contributed by atoms with E-state index in [-0.39, 0.29) is 12.2 Å². The molecule has 1 aromatic heterocycles. The van der Waals surface area contributed by atoms with Crippen LogP contribution in [0, 0.1) is 0 Å². The van der Waals surface area contributed by atoms with Gasteiger partial charge in [0.1, 0.15) is 23.0 Å². The van der Waals surface area contributed by atoms with Crippen LogP contribution in [-0.4, -0.2) is 37.0 Å². The van der Waals surface area contributed by atoms with Gasteiger partial charge >= 0.3 is 0 Å². The van der Waals surface area contributed by atoms with Crippen molar-refractivity contribution in [2.24, 2.45) is 0 Å². The monoisotopic (exact) mass is 501 g/mol. The Morgan fingerprint density at radius 2 is 1.53 bits per heavy atom. The van der Waals surface area contributed by atoms with E-state index < -0.39 is 0 Å². The van der Waals surface area contributed by atoms with Gasteiger partial charge in [0.05, 0.1) is 26.8 Å². The number of ketones is 1. The summed E-state index contributed by atoms with van der Waals surface area (Å²) in [6.07, 6.45) is 2.84. The summed E-state index contributed by atoms with van der Waals surface area (Å²) in [5.41, 5.74) is 2.68. The maximum absolute atomic E-state index is 12.5. The normalized spacial score (nSPS) is 10.6. The van der Waals surface area contributed by atoms with Crippen LogP contribution in [0.1, 0.15) is 17.5 Å². The third kappa shape index (κ3) is 6.17. The molecule has 0 N–H and O–H groups in total. The van der Waals surface area contributed by atoms with Crippen molar-refractivity contribution in [3.8, 4) is 28.7 Å². The molecule has 4 aromatic rings. The van der Waals surface area contributed by atoms with Crippen molar-refractivity contribution in [3.63, 3.8) is 0 Å². The largest absolute Gasteiger partial charge is 0.497 e. The van der Waals surface area contributed by atoms with E-state index in [4.69, 9.17) is 31.2 Å². The van der Waals surface area contributed by atoms with Gasteiger partial charge in [-0.05, 0) is 47.5 Å². The Kier molecular flexibility index (Phi) is 8.13. The first kappa shape index (κ1) is 25.1. The first-order valence-electron chi connectivity index (χ1n) is 11.4. The zero-order chi connectivity index (χ0) is 25.5. The van der Waals surface area contributed by atoms with Gasteiger partial charge in [-0.3, -0.25) is 9.78 Å². The lowest BCUT2D eigenvalue weighted by Gasteiger charge is -2.12. The van der Waals surface area contributed by atoms with Crippen molar-refractivity contribution in [2.45, 2.75) is 19.3 Å². The Labute approximate surface area is 215 Å². The number of carbonyl (C=O) groups is 1. The highest BCUT2D eigenvalue weighted by Crippen LogP contribution is 2.36. The van der Waals surface area contributed by atoms with Gasteiger partial charge in [0.15, 0.2) is 11.5 Å². The Bertz CT molecular complexity index is 1380. The van der Waals surface area contributed by atoms with Crippen LogP contribution in [0.3, 0.4) is 0 Å². The Hall–Kier alpha value is -3.97. The van der Waals surface area contributed by atoms with E-state index in [2.05, 4.69) is 4.98 Å². The number of benzene rings is 3. The summed E-state index contributed by atoms with van der Waals surface area (Å²) < 4.78 is 22.2. The zero-order valence-electron chi connectivity index (χ0n) is 20.4. The minimum absolute atomic E-state index is 0.0878. The second kappa shape index (κ2) is 11.6. The van der Waals surface area contributed by atoms with E-state index in [0.29, 0.717) is 40.7 Å². The first-order chi connectivity index (χ1) is 17.5. The first-order valence-corrected chi connectivity index (χ1v) is 11.8. The molecule has 184 valence electrons. The van der Waals surface area contributed by atoms with Crippen LogP contribution in [-0.2, 0) is 17.6 Å². The summed E-state index contributed by atoms with van der Waals surface area (Å²) in [5.74, 6) is 3.38. The van der Waals surface area contributed by atoms with Gasteiger partial charge < -0.3 is 18.9 Å². The molecule has 0 spiro atoms. The maximum Gasteiger partial charge on any atom is 0.162 e. The molecule has 0 atom stereocenters. The fourth-order valence-corrected chi connectivity index (χ4v) is 4.25. The fourth-order valence-electron chi connectivity index (χ4n) is 3.92. The molecule has 1 heterocycles. The number of rotatable bonds is 11. The van der Waals surface area contributed by atoms with Crippen molar-refractivity contribution in [1.29, 1.82) is 0 Å². The molecule has 4 rings (SSSR count). The molecule has 0 amide bonds. The summed E-state index contributed by atoms with van der Waals surface area (Å²) in [6, 6.07) is 20.7. The molecular weight excluding hydrogens is 474 g/mol. The number of aromatic nitrogens is 1. The SMILES string of the molecule is COc1cccc(CC(=O)CC(=S)Cc2ccc(Oc3ccnc4cc(OC)c(OC)cc34)cc2)c1.